The van der Waals surface area contributed by atoms with Gasteiger partial charge in [0.1, 0.15) is 0 Å². The molecular formula is C15H28N2. The van der Waals surface area contributed by atoms with Gasteiger partial charge in [-0.15, -0.1) is 0 Å². The van der Waals surface area contributed by atoms with Gasteiger partial charge in [-0.1, -0.05) is 19.8 Å². The molecule has 0 radical (unpaired) electrons. The summed E-state index contributed by atoms with van der Waals surface area (Å²) in [5, 5.41) is 3.50. The molecule has 17 heavy (non-hydrogen) atoms. The highest BCUT2D eigenvalue weighted by molar-refractivity contribution is 4.99. The van der Waals surface area contributed by atoms with Crippen LogP contribution in [0.25, 0.3) is 0 Å². The molecule has 3 fully saturated rings. The van der Waals surface area contributed by atoms with E-state index in [0.717, 1.165) is 18.1 Å². The average molecular weight is 236 g/mol. The molecule has 0 spiro atoms. The first-order chi connectivity index (χ1) is 8.20. The maximum absolute atomic E-state index is 3.50. The van der Waals surface area contributed by atoms with Crippen molar-refractivity contribution >= 4 is 0 Å². The van der Waals surface area contributed by atoms with Crippen molar-refractivity contribution in [1.29, 1.82) is 0 Å². The fraction of sp³-hybridized carbons (Fsp3) is 1.00. The first-order valence-electron chi connectivity index (χ1n) is 7.63. The van der Waals surface area contributed by atoms with E-state index in [1.165, 1.54) is 57.9 Å². The van der Waals surface area contributed by atoms with Crippen LogP contribution in [-0.4, -0.2) is 36.6 Å². The lowest BCUT2D eigenvalue weighted by molar-refractivity contribution is 0.0707. The number of rotatable bonds is 3. The first kappa shape index (κ1) is 12.0. The Labute approximate surface area is 106 Å². The highest BCUT2D eigenvalue weighted by Crippen LogP contribution is 2.43. The Kier molecular flexibility index (Phi) is 3.20. The van der Waals surface area contributed by atoms with E-state index in [1.807, 2.05) is 0 Å². The molecule has 0 aromatic heterocycles. The first-order valence-corrected chi connectivity index (χ1v) is 7.63. The second kappa shape index (κ2) is 4.55. The SMILES string of the molecule is CNC1CC2CCC(C1)N2CC1(C)CCCC1. The molecule has 2 saturated heterocycles. The molecule has 2 atom stereocenters. The summed E-state index contributed by atoms with van der Waals surface area (Å²) in [5.74, 6) is 0. The summed E-state index contributed by atoms with van der Waals surface area (Å²) < 4.78 is 0. The molecule has 2 nitrogen and oxygen atoms in total. The third kappa shape index (κ3) is 2.26. The van der Waals surface area contributed by atoms with Crippen molar-refractivity contribution in [2.75, 3.05) is 13.6 Å². The summed E-state index contributed by atoms with van der Waals surface area (Å²) in [5.41, 5.74) is 0.646. The highest BCUT2D eigenvalue weighted by Gasteiger charge is 2.43. The van der Waals surface area contributed by atoms with Gasteiger partial charge in [-0.2, -0.15) is 0 Å². The molecule has 0 amide bonds. The van der Waals surface area contributed by atoms with Crippen LogP contribution >= 0.6 is 0 Å². The molecule has 2 bridgehead atoms. The Morgan fingerprint density at radius 2 is 1.71 bits per heavy atom. The average Bonchev–Trinajstić information content (AvgIpc) is 2.82. The minimum atomic E-state index is 0.646. The van der Waals surface area contributed by atoms with Crippen molar-refractivity contribution in [2.45, 2.75) is 76.4 Å². The van der Waals surface area contributed by atoms with Crippen molar-refractivity contribution < 1.29 is 0 Å². The van der Waals surface area contributed by atoms with Crippen LogP contribution in [0.15, 0.2) is 0 Å². The van der Waals surface area contributed by atoms with E-state index in [1.54, 1.807) is 0 Å². The van der Waals surface area contributed by atoms with E-state index >= 15 is 0 Å². The fourth-order valence-corrected chi connectivity index (χ4v) is 4.60. The van der Waals surface area contributed by atoms with Gasteiger partial charge in [0.2, 0.25) is 0 Å². The van der Waals surface area contributed by atoms with Crippen LogP contribution in [0, 0.1) is 5.41 Å². The third-order valence-corrected chi connectivity index (χ3v) is 5.67. The number of nitrogens with zero attached hydrogens (tertiary/aromatic N) is 1. The predicted molar refractivity (Wildman–Crippen MR) is 72.2 cm³/mol. The van der Waals surface area contributed by atoms with Crippen molar-refractivity contribution in [3.63, 3.8) is 0 Å². The number of fused-ring (bicyclic) bond motifs is 2. The fourth-order valence-electron chi connectivity index (χ4n) is 4.60. The maximum atomic E-state index is 3.50. The lowest BCUT2D eigenvalue weighted by atomic mass is 9.86. The maximum Gasteiger partial charge on any atom is 0.0114 e. The summed E-state index contributed by atoms with van der Waals surface area (Å²) in [6.45, 7) is 3.92. The van der Waals surface area contributed by atoms with Crippen LogP contribution in [0.1, 0.15) is 58.3 Å². The van der Waals surface area contributed by atoms with Crippen LogP contribution < -0.4 is 5.32 Å². The van der Waals surface area contributed by atoms with E-state index in [9.17, 15) is 0 Å². The van der Waals surface area contributed by atoms with Gasteiger partial charge in [0, 0.05) is 24.7 Å². The highest BCUT2D eigenvalue weighted by atomic mass is 15.2. The van der Waals surface area contributed by atoms with Gasteiger partial charge < -0.3 is 5.32 Å². The van der Waals surface area contributed by atoms with Crippen LogP contribution in [0.2, 0.25) is 0 Å². The number of piperidine rings is 1. The molecule has 1 aliphatic carbocycles. The molecule has 0 aromatic rings. The zero-order valence-electron chi connectivity index (χ0n) is 11.5. The minimum Gasteiger partial charge on any atom is -0.317 e. The molecule has 2 aliphatic heterocycles. The van der Waals surface area contributed by atoms with E-state index in [4.69, 9.17) is 0 Å². The second-order valence-corrected chi connectivity index (χ2v) is 7.03. The minimum absolute atomic E-state index is 0.646. The van der Waals surface area contributed by atoms with Crippen LogP contribution in [0.3, 0.4) is 0 Å². The molecule has 3 rings (SSSR count). The summed E-state index contributed by atoms with van der Waals surface area (Å²) in [6.07, 6.45) is 11.6. The molecule has 2 heterocycles. The lowest BCUT2D eigenvalue weighted by Crippen LogP contribution is -2.51. The third-order valence-electron chi connectivity index (χ3n) is 5.67. The standard InChI is InChI=1S/C15H28N2/c1-15(7-3-4-8-15)11-17-13-5-6-14(17)10-12(9-13)16-2/h12-14,16H,3-11H2,1-2H3. The Bertz CT molecular complexity index is 256. The zero-order valence-corrected chi connectivity index (χ0v) is 11.5. The molecule has 98 valence electrons. The van der Waals surface area contributed by atoms with E-state index in [2.05, 4.69) is 24.2 Å². The Morgan fingerprint density at radius 3 is 2.24 bits per heavy atom. The van der Waals surface area contributed by atoms with E-state index in [-0.39, 0.29) is 0 Å². The smallest absolute Gasteiger partial charge is 0.0114 e. The van der Waals surface area contributed by atoms with Gasteiger partial charge in [-0.25, -0.2) is 0 Å². The quantitative estimate of drug-likeness (QED) is 0.810. The van der Waals surface area contributed by atoms with Gasteiger partial charge in [-0.05, 0) is 51.0 Å². The summed E-state index contributed by atoms with van der Waals surface area (Å²) >= 11 is 0. The van der Waals surface area contributed by atoms with Crippen LogP contribution in [0.4, 0.5) is 0 Å². The molecule has 2 unspecified atom stereocenters. The number of hydrogen-bond donors (Lipinski definition) is 1. The predicted octanol–water partition coefficient (Wildman–Crippen LogP) is 2.78. The number of hydrogen-bond acceptors (Lipinski definition) is 2. The summed E-state index contributed by atoms with van der Waals surface area (Å²) in [4.78, 5) is 2.89. The molecule has 3 aliphatic rings. The van der Waals surface area contributed by atoms with Gasteiger partial charge in [0.05, 0.1) is 0 Å². The van der Waals surface area contributed by atoms with Gasteiger partial charge in [0.15, 0.2) is 0 Å². The topological polar surface area (TPSA) is 15.3 Å². The van der Waals surface area contributed by atoms with Crippen molar-refractivity contribution in [3.8, 4) is 0 Å². The monoisotopic (exact) mass is 236 g/mol. The number of nitrogens with one attached hydrogen (secondary N) is 1. The van der Waals surface area contributed by atoms with Gasteiger partial charge >= 0.3 is 0 Å². The largest absolute Gasteiger partial charge is 0.317 e. The lowest BCUT2D eigenvalue weighted by Gasteiger charge is -2.43. The van der Waals surface area contributed by atoms with Crippen LogP contribution in [-0.2, 0) is 0 Å². The second-order valence-electron chi connectivity index (χ2n) is 7.03. The van der Waals surface area contributed by atoms with Crippen molar-refractivity contribution in [3.05, 3.63) is 0 Å². The Hall–Kier alpha value is -0.0800. The Balaban J connectivity index is 1.65. The van der Waals surface area contributed by atoms with E-state index in [0.29, 0.717) is 5.41 Å². The Morgan fingerprint density at radius 1 is 1.12 bits per heavy atom. The molecule has 0 aromatic carbocycles. The van der Waals surface area contributed by atoms with Crippen molar-refractivity contribution in [1.82, 2.24) is 10.2 Å². The van der Waals surface area contributed by atoms with E-state index < -0.39 is 0 Å². The van der Waals surface area contributed by atoms with Gasteiger partial charge in [-0.3, -0.25) is 4.90 Å². The van der Waals surface area contributed by atoms with Crippen LogP contribution in [0.5, 0.6) is 0 Å². The molecule has 1 N–H and O–H groups in total. The molecule has 2 heteroatoms. The van der Waals surface area contributed by atoms with Gasteiger partial charge in [0.25, 0.3) is 0 Å². The van der Waals surface area contributed by atoms with Crippen molar-refractivity contribution in [2.24, 2.45) is 5.41 Å². The summed E-state index contributed by atoms with van der Waals surface area (Å²) in [7, 11) is 2.14. The zero-order chi connectivity index (χ0) is 11.9. The molecular weight excluding hydrogens is 208 g/mol. The summed E-state index contributed by atoms with van der Waals surface area (Å²) in [6, 6.07) is 2.58. The normalized spacial score (nSPS) is 40.9. The molecule has 1 saturated carbocycles.